The highest BCUT2D eigenvalue weighted by Crippen LogP contribution is 2.17. The van der Waals surface area contributed by atoms with Crippen LogP contribution in [0.15, 0.2) is 60.7 Å². The zero-order chi connectivity index (χ0) is 20.0. The summed E-state index contributed by atoms with van der Waals surface area (Å²) in [5.41, 5.74) is 11.3. The highest BCUT2D eigenvalue weighted by molar-refractivity contribution is 5.78. The molecule has 5 heteroatoms. The first-order valence-corrected chi connectivity index (χ1v) is 10.2. The molecule has 6 N–H and O–H groups in total. The van der Waals surface area contributed by atoms with Crippen molar-refractivity contribution in [3.63, 3.8) is 0 Å². The Bertz CT molecular complexity index is 619. The van der Waals surface area contributed by atoms with Gasteiger partial charge in [0.05, 0.1) is 0 Å². The first-order valence-electron chi connectivity index (χ1n) is 10.2. The Labute approximate surface area is 168 Å². The van der Waals surface area contributed by atoms with E-state index in [0.717, 1.165) is 45.1 Å². The second-order valence-corrected chi connectivity index (χ2v) is 7.35. The van der Waals surface area contributed by atoms with E-state index in [-0.39, 0.29) is 17.9 Å². The van der Waals surface area contributed by atoms with Crippen molar-refractivity contribution in [2.45, 2.75) is 44.6 Å². The molecule has 1 amide bonds. The molecule has 152 valence electrons. The number of amides is 1. The third-order valence-corrected chi connectivity index (χ3v) is 5.05. The Morgan fingerprint density at radius 2 is 1.39 bits per heavy atom. The fraction of sp³-hybridized carbons (Fsp3) is 0.435. The van der Waals surface area contributed by atoms with Gasteiger partial charge in [0, 0.05) is 25.0 Å². The van der Waals surface area contributed by atoms with Crippen LogP contribution in [0.4, 0.5) is 0 Å². The van der Waals surface area contributed by atoms with Gasteiger partial charge >= 0.3 is 0 Å². The Kier molecular flexibility index (Phi) is 10.3. The quantitative estimate of drug-likeness (QED) is 0.243. The predicted molar refractivity (Wildman–Crippen MR) is 115 cm³/mol. The molecule has 2 aromatic carbocycles. The van der Waals surface area contributed by atoms with E-state index >= 15 is 0 Å². The highest BCUT2D eigenvalue weighted by Gasteiger charge is 2.19. The van der Waals surface area contributed by atoms with E-state index in [1.807, 2.05) is 36.4 Å². The van der Waals surface area contributed by atoms with E-state index in [1.165, 1.54) is 11.1 Å². The number of aryl methyl sites for hydroxylation is 2. The Morgan fingerprint density at radius 1 is 0.857 bits per heavy atom. The predicted octanol–water partition coefficient (Wildman–Crippen LogP) is 2.56. The summed E-state index contributed by atoms with van der Waals surface area (Å²) in [7, 11) is 0. The normalized spacial score (nSPS) is 12.1. The highest BCUT2D eigenvalue weighted by atomic mass is 16.1. The Balaban J connectivity index is 1.87. The van der Waals surface area contributed by atoms with Crippen LogP contribution in [0.25, 0.3) is 0 Å². The maximum absolute atomic E-state index is 12.8. The van der Waals surface area contributed by atoms with Crippen LogP contribution < -0.4 is 22.3 Å². The third kappa shape index (κ3) is 8.65. The summed E-state index contributed by atoms with van der Waals surface area (Å²) >= 11 is 0. The van der Waals surface area contributed by atoms with Crippen LogP contribution >= 0.6 is 0 Å². The maximum atomic E-state index is 12.8. The van der Waals surface area contributed by atoms with Crippen molar-refractivity contribution in [1.29, 1.82) is 0 Å². The number of rotatable bonds is 13. The lowest BCUT2D eigenvalue weighted by atomic mass is 9.92. The van der Waals surface area contributed by atoms with Crippen molar-refractivity contribution in [1.82, 2.24) is 10.7 Å². The molecule has 0 aliphatic carbocycles. The summed E-state index contributed by atoms with van der Waals surface area (Å²) in [5.74, 6) is 5.37. The minimum atomic E-state index is -0.0406. The zero-order valence-corrected chi connectivity index (χ0v) is 16.6. The van der Waals surface area contributed by atoms with Crippen LogP contribution in [-0.4, -0.2) is 25.0 Å². The topological polar surface area (TPSA) is 93.2 Å². The molecule has 0 heterocycles. The van der Waals surface area contributed by atoms with Gasteiger partial charge in [-0.15, -0.1) is 0 Å². The van der Waals surface area contributed by atoms with Crippen LogP contribution in [0.5, 0.6) is 0 Å². The average Bonchev–Trinajstić information content (AvgIpc) is 2.74. The summed E-state index contributed by atoms with van der Waals surface area (Å²) in [6.45, 7) is 1.25. The van der Waals surface area contributed by atoms with Gasteiger partial charge in [0.2, 0.25) is 5.91 Å². The van der Waals surface area contributed by atoms with Gasteiger partial charge in [-0.25, -0.2) is 0 Å². The lowest BCUT2D eigenvalue weighted by molar-refractivity contribution is -0.125. The number of hydrogen-bond donors (Lipinski definition) is 4. The molecule has 0 bridgehead atoms. The van der Waals surface area contributed by atoms with Gasteiger partial charge < -0.3 is 11.1 Å². The Morgan fingerprint density at radius 3 is 1.89 bits per heavy atom. The second-order valence-electron chi connectivity index (χ2n) is 7.35. The summed E-state index contributed by atoms with van der Waals surface area (Å²) in [5, 5.41) is 3.07. The molecule has 5 nitrogen and oxygen atoms in total. The molecule has 0 radical (unpaired) electrons. The lowest BCUT2D eigenvalue weighted by Crippen LogP contribution is -2.40. The molecule has 0 unspecified atom stereocenters. The average molecular weight is 383 g/mol. The van der Waals surface area contributed by atoms with E-state index in [9.17, 15) is 4.79 Å². The summed E-state index contributed by atoms with van der Waals surface area (Å²) in [6, 6.07) is 20.7. The molecule has 2 aromatic rings. The van der Waals surface area contributed by atoms with Gasteiger partial charge in [0.25, 0.3) is 0 Å². The molecule has 0 aliphatic rings. The molecule has 1 atom stereocenters. The van der Waals surface area contributed by atoms with Crippen molar-refractivity contribution in [3.05, 3.63) is 71.8 Å². The van der Waals surface area contributed by atoms with E-state index in [2.05, 4.69) is 35.0 Å². The van der Waals surface area contributed by atoms with Crippen molar-refractivity contribution in [2.24, 2.45) is 17.5 Å². The van der Waals surface area contributed by atoms with Gasteiger partial charge in [-0.2, -0.15) is 0 Å². The standard InChI is InChI=1S/C23H34N4O/c24-22(12-7-17-27-25)18-26-23(28)21(15-13-19-8-3-1-4-9-19)16-14-20-10-5-2-6-11-20/h1-6,8-11,21-22,27H,7,12-18,24-25H2,(H,26,28)/t22-/m0/s1. The molecule has 0 fully saturated rings. The minimum Gasteiger partial charge on any atom is -0.354 e. The Hall–Kier alpha value is -2.21. The molecule has 0 saturated carbocycles. The molecule has 28 heavy (non-hydrogen) atoms. The third-order valence-electron chi connectivity index (χ3n) is 5.05. The second kappa shape index (κ2) is 13.0. The number of hydrogen-bond acceptors (Lipinski definition) is 4. The van der Waals surface area contributed by atoms with Crippen LogP contribution in [0.3, 0.4) is 0 Å². The summed E-state index contributed by atoms with van der Waals surface area (Å²) < 4.78 is 0. The van der Waals surface area contributed by atoms with Crippen molar-refractivity contribution in [2.75, 3.05) is 13.1 Å². The van der Waals surface area contributed by atoms with Gasteiger partial charge in [0.15, 0.2) is 0 Å². The van der Waals surface area contributed by atoms with Crippen molar-refractivity contribution >= 4 is 5.91 Å². The first kappa shape index (κ1) is 22.1. The van der Waals surface area contributed by atoms with Gasteiger partial charge in [0.1, 0.15) is 0 Å². The number of nitrogens with one attached hydrogen (secondary N) is 2. The van der Waals surface area contributed by atoms with Crippen LogP contribution in [-0.2, 0) is 17.6 Å². The monoisotopic (exact) mass is 382 g/mol. The van der Waals surface area contributed by atoms with Gasteiger partial charge in [-0.1, -0.05) is 60.7 Å². The van der Waals surface area contributed by atoms with Gasteiger partial charge in [-0.3, -0.25) is 16.1 Å². The molecular weight excluding hydrogens is 348 g/mol. The van der Waals surface area contributed by atoms with E-state index in [4.69, 9.17) is 11.6 Å². The number of nitrogens with two attached hydrogens (primary N) is 2. The maximum Gasteiger partial charge on any atom is 0.223 e. The largest absolute Gasteiger partial charge is 0.354 e. The molecular formula is C23H34N4O. The zero-order valence-electron chi connectivity index (χ0n) is 16.6. The van der Waals surface area contributed by atoms with E-state index in [1.54, 1.807) is 0 Å². The number of carbonyl (C=O) groups is 1. The SMILES string of the molecule is NNCCC[C@H](N)CNC(=O)C(CCc1ccccc1)CCc1ccccc1. The van der Waals surface area contributed by atoms with Crippen LogP contribution in [0.2, 0.25) is 0 Å². The molecule has 0 spiro atoms. The van der Waals surface area contributed by atoms with Crippen molar-refractivity contribution in [3.8, 4) is 0 Å². The van der Waals surface area contributed by atoms with E-state index < -0.39 is 0 Å². The number of carbonyl (C=O) groups excluding carboxylic acids is 1. The lowest BCUT2D eigenvalue weighted by Gasteiger charge is -2.19. The molecule has 2 rings (SSSR count). The summed E-state index contributed by atoms with van der Waals surface area (Å²) in [4.78, 5) is 12.8. The molecule has 0 saturated heterocycles. The summed E-state index contributed by atoms with van der Waals surface area (Å²) in [6.07, 6.45) is 5.23. The van der Waals surface area contributed by atoms with Crippen molar-refractivity contribution < 1.29 is 4.79 Å². The van der Waals surface area contributed by atoms with E-state index in [0.29, 0.717) is 6.54 Å². The number of benzene rings is 2. The first-order chi connectivity index (χ1) is 13.7. The smallest absolute Gasteiger partial charge is 0.223 e. The van der Waals surface area contributed by atoms with Gasteiger partial charge in [-0.05, 0) is 49.7 Å². The number of hydrazine groups is 1. The van der Waals surface area contributed by atoms with Crippen LogP contribution in [0.1, 0.15) is 36.8 Å². The molecule has 0 aliphatic heterocycles. The molecule has 0 aromatic heterocycles. The van der Waals surface area contributed by atoms with Crippen LogP contribution in [0, 0.1) is 5.92 Å². The minimum absolute atomic E-state index is 0.0154. The fourth-order valence-corrected chi connectivity index (χ4v) is 3.32. The fourth-order valence-electron chi connectivity index (χ4n) is 3.32.